The second kappa shape index (κ2) is 7.04. The number of carbonyl (C=O) groups excluding carboxylic acids is 3. The monoisotopic (exact) mass is 420 g/mol. The van der Waals surface area contributed by atoms with Gasteiger partial charge in [0.15, 0.2) is 0 Å². The van der Waals surface area contributed by atoms with Crippen molar-refractivity contribution in [2.24, 2.45) is 0 Å². The molecule has 0 amide bonds. The molecule has 0 aliphatic carbocycles. The van der Waals surface area contributed by atoms with Crippen molar-refractivity contribution in [1.29, 1.82) is 0 Å². The summed E-state index contributed by atoms with van der Waals surface area (Å²) in [7, 11) is 0. The average molecular weight is 420 g/mol. The molecule has 1 N–H and O–H groups in total. The summed E-state index contributed by atoms with van der Waals surface area (Å²) in [6.07, 6.45) is -0.351. The van der Waals surface area contributed by atoms with Crippen LogP contribution in [0.5, 0.6) is 0 Å². The molecule has 0 radical (unpaired) electrons. The second-order valence-corrected chi connectivity index (χ2v) is 8.43. The van der Waals surface area contributed by atoms with Crippen molar-refractivity contribution in [3.05, 3.63) is 35.1 Å². The fraction of sp³-hybridized carbons (Fsp3) is 0.571. The van der Waals surface area contributed by atoms with E-state index in [0.717, 1.165) is 0 Å². The first kappa shape index (κ1) is 20.8. The van der Waals surface area contributed by atoms with E-state index in [-0.39, 0.29) is 36.5 Å². The fourth-order valence-corrected chi connectivity index (χ4v) is 4.51. The van der Waals surface area contributed by atoms with Crippen LogP contribution in [-0.4, -0.2) is 65.7 Å². The molecule has 162 valence electrons. The van der Waals surface area contributed by atoms with Gasteiger partial charge >= 0.3 is 17.9 Å². The van der Waals surface area contributed by atoms with Crippen molar-refractivity contribution < 1.29 is 43.2 Å². The Kier molecular flexibility index (Phi) is 4.87. The maximum Gasteiger partial charge on any atom is 0.343 e. The number of ether oxygens (including phenoxy) is 5. The minimum absolute atomic E-state index is 0.0339. The van der Waals surface area contributed by atoms with Gasteiger partial charge < -0.3 is 28.8 Å². The number of esters is 3. The van der Waals surface area contributed by atoms with E-state index in [0.29, 0.717) is 12.0 Å². The van der Waals surface area contributed by atoms with E-state index < -0.39 is 47.4 Å². The van der Waals surface area contributed by atoms with E-state index in [1.807, 2.05) is 6.92 Å². The standard InChI is InChI=1S/C21H24O9/c1-10(2)18(24)28-14-7-21-9-27-15(17(21)23)6-20(4,30-21)5-13-16(14)12(19(25)29-13)8-26-11(3)22/h5,14-15,17,23H,1,6-9H2,2-4H3/b13-5+/t14-,15-,17-,20-,21-/m0/s1. The summed E-state index contributed by atoms with van der Waals surface area (Å²) in [5.74, 6) is -1.73. The Bertz CT molecular complexity index is 900. The van der Waals surface area contributed by atoms with Gasteiger partial charge in [0.25, 0.3) is 0 Å². The zero-order valence-corrected chi connectivity index (χ0v) is 17.1. The van der Waals surface area contributed by atoms with E-state index in [9.17, 15) is 19.5 Å². The van der Waals surface area contributed by atoms with E-state index in [1.165, 1.54) is 13.8 Å². The van der Waals surface area contributed by atoms with Crippen molar-refractivity contribution in [3.8, 4) is 0 Å². The van der Waals surface area contributed by atoms with Gasteiger partial charge in [0, 0.05) is 30.9 Å². The molecule has 0 unspecified atom stereocenters. The van der Waals surface area contributed by atoms with E-state index in [1.54, 1.807) is 6.08 Å². The largest absolute Gasteiger partial charge is 0.461 e. The SMILES string of the molecule is C=C(C)C(=O)O[C@H]1C[C@@]23CO[C@@H](C[C@](C)(/C=C4/OC(=O)C(COC(C)=O)=C41)O2)[C@@H]3O. The molecule has 1 spiro atoms. The predicted molar refractivity (Wildman–Crippen MR) is 99.7 cm³/mol. The summed E-state index contributed by atoms with van der Waals surface area (Å²) >= 11 is 0. The molecule has 4 heterocycles. The Labute approximate surface area is 173 Å². The third-order valence-electron chi connectivity index (χ3n) is 5.82. The summed E-state index contributed by atoms with van der Waals surface area (Å²) < 4.78 is 28.2. The van der Waals surface area contributed by atoms with Crippen LogP contribution in [0.2, 0.25) is 0 Å². The Hall–Kier alpha value is -2.49. The minimum atomic E-state index is -1.13. The highest BCUT2D eigenvalue weighted by molar-refractivity contribution is 5.96. The lowest BCUT2D eigenvalue weighted by atomic mass is 9.77. The topological polar surface area (TPSA) is 118 Å². The summed E-state index contributed by atoms with van der Waals surface area (Å²) in [5.41, 5.74) is -1.45. The van der Waals surface area contributed by atoms with E-state index in [2.05, 4.69) is 6.58 Å². The van der Waals surface area contributed by atoms with Gasteiger partial charge in [0.05, 0.1) is 23.9 Å². The molecular formula is C21H24O9. The molecule has 0 aromatic carbocycles. The van der Waals surface area contributed by atoms with Crippen LogP contribution in [0.3, 0.4) is 0 Å². The number of aliphatic hydroxyl groups excluding tert-OH is 1. The number of hydrogen-bond donors (Lipinski definition) is 1. The quantitative estimate of drug-likeness (QED) is 0.401. The van der Waals surface area contributed by atoms with E-state index in [4.69, 9.17) is 23.7 Å². The lowest BCUT2D eigenvalue weighted by molar-refractivity contribution is -0.207. The fourth-order valence-electron chi connectivity index (χ4n) is 4.51. The van der Waals surface area contributed by atoms with Crippen LogP contribution in [0, 0.1) is 0 Å². The Balaban J connectivity index is 1.84. The second-order valence-electron chi connectivity index (χ2n) is 8.43. The number of hydrogen-bond acceptors (Lipinski definition) is 9. The normalized spacial score (nSPS) is 38.6. The molecular weight excluding hydrogens is 396 g/mol. The van der Waals surface area contributed by atoms with Gasteiger partial charge in [0.2, 0.25) is 0 Å². The predicted octanol–water partition coefficient (Wildman–Crippen LogP) is 0.856. The first-order chi connectivity index (χ1) is 14.0. The smallest absolute Gasteiger partial charge is 0.343 e. The average Bonchev–Trinajstić information content (AvgIpc) is 3.01. The third-order valence-corrected chi connectivity index (χ3v) is 5.82. The molecule has 3 bridgehead atoms. The van der Waals surface area contributed by atoms with Gasteiger partial charge in [-0.25, -0.2) is 9.59 Å². The lowest BCUT2D eigenvalue weighted by Gasteiger charge is -2.47. The molecule has 9 nitrogen and oxygen atoms in total. The zero-order valence-electron chi connectivity index (χ0n) is 17.1. The molecule has 4 aliphatic heterocycles. The highest BCUT2D eigenvalue weighted by Crippen LogP contribution is 2.50. The first-order valence-corrected chi connectivity index (χ1v) is 9.72. The molecule has 30 heavy (non-hydrogen) atoms. The Morgan fingerprint density at radius 2 is 2.07 bits per heavy atom. The molecule has 0 aromatic heterocycles. The molecule has 2 saturated heterocycles. The molecule has 0 aromatic rings. The number of aliphatic hydroxyl groups is 1. The van der Waals surface area contributed by atoms with Gasteiger partial charge in [-0.2, -0.15) is 0 Å². The summed E-state index contributed by atoms with van der Waals surface area (Å²) in [4.78, 5) is 36.3. The maximum absolute atomic E-state index is 12.6. The summed E-state index contributed by atoms with van der Waals surface area (Å²) in [5, 5.41) is 10.8. The molecule has 2 fully saturated rings. The van der Waals surface area contributed by atoms with Crippen LogP contribution < -0.4 is 0 Å². The van der Waals surface area contributed by atoms with Crippen molar-refractivity contribution in [1.82, 2.24) is 0 Å². The highest BCUT2D eigenvalue weighted by Gasteiger charge is 2.61. The first-order valence-electron chi connectivity index (χ1n) is 9.72. The van der Waals surface area contributed by atoms with Gasteiger partial charge in [-0.15, -0.1) is 0 Å². The Morgan fingerprint density at radius 3 is 2.73 bits per heavy atom. The van der Waals surface area contributed by atoms with Crippen LogP contribution in [0.4, 0.5) is 0 Å². The van der Waals surface area contributed by atoms with Crippen molar-refractivity contribution >= 4 is 17.9 Å². The Morgan fingerprint density at radius 1 is 1.33 bits per heavy atom. The minimum Gasteiger partial charge on any atom is -0.461 e. The van der Waals surface area contributed by atoms with Gasteiger partial charge in [-0.05, 0) is 19.9 Å². The van der Waals surface area contributed by atoms with Gasteiger partial charge in [0.1, 0.15) is 30.2 Å². The number of rotatable bonds is 4. The van der Waals surface area contributed by atoms with E-state index >= 15 is 0 Å². The van der Waals surface area contributed by atoms with Crippen LogP contribution in [0.1, 0.15) is 33.6 Å². The molecule has 4 rings (SSSR count). The van der Waals surface area contributed by atoms with Crippen molar-refractivity contribution in [3.63, 3.8) is 0 Å². The van der Waals surface area contributed by atoms with Crippen LogP contribution in [0.15, 0.2) is 35.1 Å². The summed E-state index contributed by atoms with van der Waals surface area (Å²) in [6, 6.07) is 0. The molecule has 4 aliphatic rings. The summed E-state index contributed by atoms with van der Waals surface area (Å²) in [6.45, 7) is 7.93. The lowest BCUT2D eigenvalue weighted by Crippen LogP contribution is -2.59. The van der Waals surface area contributed by atoms with Crippen molar-refractivity contribution in [2.45, 2.75) is 63.1 Å². The maximum atomic E-state index is 12.6. The number of fused-ring (bicyclic) bond motifs is 3. The zero-order chi connectivity index (χ0) is 21.8. The number of carbonyl (C=O) groups is 3. The van der Waals surface area contributed by atoms with Crippen LogP contribution in [-0.2, 0) is 38.1 Å². The van der Waals surface area contributed by atoms with Crippen LogP contribution >= 0.6 is 0 Å². The van der Waals surface area contributed by atoms with Gasteiger partial charge in [-0.3, -0.25) is 4.79 Å². The van der Waals surface area contributed by atoms with Gasteiger partial charge in [-0.1, -0.05) is 6.58 Å². The molecule has 9 heteroatoms. The molecule has 0 saturated carbocycles. The third kappa shape index (κ3) is 3.36. The van der Waals surface area contributed by atoms with Crippen LogP contribution in [0.25, 0.3) is 0 Å². The van der Waals surface area contributed by atoms with Crippen molar-refractivity contribution in [2.75, 3.05) is 13.2 Å². The molecule has 5 atom stereocenters. The highest BCUT2D eigenvalue weighted by atomic mass is 16.6.